The summed E-state index contributed by atoms with van der Waals surface area (Å²) in [5.41, 5.74) is 0.0414. The Morgan fingerprint density at radius 1 is 1.25 bits per heavy atom. The number of carbonyl (C=O) groups excluding carboxylic acids is 1. The molecule has 1 heterocycles. The molecule has 0 aromatic heterocycles. The number of carbonyl (C=O) groups is 1. The second-order valence-electron chi connectivity index (χ2n) is 4.98. The summed E-state index contributed by atoms with van der Waals surface area (Å²) in [5, 5.41) is 3.24. The predicted octanol–water partition coefficient (Wildman–Crippen LogP) is 0.500. The van der Waals surface area contributed by atoms with Crippen molar-refractivity contribution >= 4 is 40.8 Å². The molecule has 0 saturated carbocycles. The van der Waals surface area contributed by atoms with Crippen LogP contribution in [0.3, 0.4) is 0 Å². The number of rotatable bonds is 6. The van der Waals surface area contributed by atoms with Crippen LogP contribution in [0.25, 0.3) is 0 Å². The molecule has 1 aromatic carbocycles. The fourth-order valence-corrected chi connectivity index (χ4v) is 3.54. The van der Waals surface area contributed by atoms with Gasteiger partial charge in [-0.25, -0.2) is 17.9 Å². The Morgan fingerprint density at radius 2 is 1.88 bits per heavy atom. The highest BCUT2D eigenvalue weighted by Gasteiger charge is 2.22. The van der Waals surface area contributed by atoms with Crippen molar-refractivity contribution in [3.63, 3.8) is 0 Å². The molecule has 2 N–H and O–H groups in total. The molecule has 0 bridgehead atoms. The number of esters is 1. The molecule has 0 radical (unpaired) electrons. The van der Waals surface area contributed by atoms with E-state index in [-0.39, 0.29) is 35.3 Å². The number of halogens is 2. The molecule has 0 unspecified atom stereocenters. The van der Waals surface area contributed by atoms with Gasteiger partial charge < -0.3 is 10.1 Å². The van der Waals surface area contributed by atoms with Crippen molar-refractivity contribution in [3.8, 4) is 0 Å². The van der Waals surface area contributed by atoms with Gasteiger partial charge in [-0.2, -0.15) is 0 Å². The van der Waals surface area contributed by atoms with Crippen molar-refractivity contribution in [2.24, 2.45) is 0 Å². The van der Waals surface area contributed by atoms with Crippen LogP contribution in [0.5, 0.6) is 0 Å². The summed E-state index contributed by atoms with van der Waals surface area (Å²) in [6.45, 7) is 4.58. The summed E-state index contributed by atoms with van der Waals surface area (Å²) in [5.74, 6) is -0.664. The number of sulfonamides is 1. The Hall–Kier alpha value is -0.900. The molecule has 0 spiro atoms. The lowest BCUT2D eigenvalue weighted by atomic mass is 10.2. The number of nitrogens with zero attached hydrogens (tertiary/aromatic N) is 1. The van der Waals surface area contributed by atoms with Gasteiger partial charge in [-0.3, -0.25) is 4.90 Å². The maximum absolute atomic E-state index is 12.4. The third-order valence-corrected chi connectivity index (χ3v) is 5.03. The molecule has 24 heavy (non-hydrogen) atoms. The van der Waals surface area contributed by atoms with Crippen molar-refractivity contribution in [2.45, 2.75) is 4.90 Å². The van der Waals surface area contributed by atoms with E-state index in [2.05, 4.69) is 19.7 Å². The van der Waals surface area contributed by atoms with E-state index < -0.39 is 16.0 Å². The number of nitrogens with one attached hydrogen (secondary N) is 2. The van der Waals surface area contributed by atoms with Crippen molar-refractivity contribution in [2.75, 3.05) is 46.4 Å². The summed E-state index contributed by atoms with van der Waals surface area (Å²) < 4.78 is 31.9. The molecule has 2 rings (SSSR count). The van der Waals surface area contributed by atoms with Crippen LogP contribution in [0.2, 0.25) is 0 Å². The molecule has 1 saturated heterocycles. The van der Waals surface area contributed by atoms with Gasteiger partial charge in [0.05, 0.1) is 17.6 Å². The van der Waals surface area contributed by atoms with Crippen LogP contribution in [0, 0.1) is 0 Å². The van der Waals surface area contributed by atoms with Crippen LogP contribution >= 0.6 is 24.8 Å². The highest BCUT2D eigenvalue weighted by Crippen LogP contribution is 2.16. The zero-order valence-electron chi connectivity index (χ0n) is 13.4. The second-order valence-corrected chi connectivity index (χ2v) is 6.71. The first kappa shape index (κ1) is 23.1. The van der Waals surface area contributed by atoms with Crippen LogP contribution in [0.1, 0.15) is 10.4 Å². The van der Waals surface area contributed by atoms with E-state index in [1.807, 2.05) is 0 Å². The van der Waals surface area contributed by atoms with Gasteiger partial charge in [0.2, 0.25) is 10.0 Å². The van der Waals surface area contributed by atoms with E-state index in [0.29, 0.717) is 13.1 Å². The minimum atomic E-state index is -3.74. The van der Waals surface area contributed by atoms with Crippen molar-refractivity contribution < 1.29 is 17.9 Å². The molecule has 0 atom stereocenters. The molecule has 138 valence electrons. The van der Waals surface area contributed by atoms with Crippen LogP contribution < -0.4 is 10.0 Å². The first-order valence-electron chi connectivity index (χ1n) is 7.14. The van der Waals surface area contributed by atoms with Crippen LogP contribution in [-0.4, -0.2) is 65.7 Å². The van der Waals surface area contributed by atoms with Crippen molar-refractivity contribution in [3.05, 3.63) is 29.8 Å². The number of benzene rings is 1. The fraction of sp³-hybridized carbons (Fsp3) is 0.500. The topological polar surface area (TPSA) is 87.7 Å². The molecular weight excluding hydrogens is 377 g/mol. The largest absolute Gasteiger partial charge is 0.465 e. The van der Waals surface area contributed by atoms with Crippen molar-refractivity contribution in [1.29, 1.82) is 0 Å². The normalized spacial score (nSPS) is 15.0. The summed E-state index contributed by atoms with van der Waals surface area (Å²) in [4.78, 5) is 13.8. The SMILES string of the molecule is COC(=O)c1ccccc1S(=O)(=O)NCCN1CCNCC1.Cl.Cl. The smallest absolute Gasteiger partial charge is 0.339 e. The lowest BCUT2D eigenvalue weighted by Crippen LogP contribution is -2.46. The zero-order valence-corrected chi connectivity index (χ0v) is 15.8. The number of hydrogen-bond donors (Lipinski definition) is 2. The average Bonchev–Trinajstić information content (AvgIpc) is 2.55. The molecule has 10 heteroatoms. The number of methoxy groups -OCH3 is 1. The highest BCUT2D eigenvalue weighted by molar-refractivity contribution is 7.89. The molecule has 0 amide bonds. The van der Waals surface area contributed by atoms with Crippen LogP contribution in [0.4, 0.5) is 0 Å². The van der Waals surface area contributed by atoms with Gasteiger partial charge >= 0.3 is 5.97 Å². The molecular formula is C14H23Cl2N3O4S. The Kier molecular flexibility index (Phi) is 10.5. The third-order valence-electron chi connectivity index (χ3n) is 3.51. The van der Waals surface area contributed by atoms with Crippen LogP contribution in [0.15, 0.2) is 29.2 Å². The van der Waals surface area contributed by atoms with E-state index in [0.717, 1.165) is 26.2 Å². The summed E-state index contributed by atoms with van der Waals surface area (Å²) in [6.07, 6.45) is 0. The Labute approximate surface area is 155 Å². The van der Waals surface area contributed by atoms with Gasteiger partial charge in [0, 0.05) is 39.3 Å². The van der Waals surface area contributed by atoms with E-state index in [1.54, 1.807) is 12.1 Å². The van der Waals surface area contributed by atoms with Gasteiger partial charge in [0.1, 0.15) is 0 Å². The quantitative estimate of drug-likeness (QED) is 0.677. The molecule has 1 aliphatic heterocycles. The highest BCUT2D eigenvalue weighted by atomic mass is 35.5. The summed E-state index contributed by atoms with van der Waals surface area (Å²) in [7, 11) is -2.51. The van der Waals surface area contributed by atoms with E-state index in [4.69, 9.17) is 0 Å². The third kappa shape index (κ3) is 6.19. The molecule has 1 fully saturated rings. The fourth-order valence-electron chi connectivity index (χ4n) is 2.33. The van der Waals surface area contributed by atoms with E-state index >= 15 is 0 Å². The first-order valence-corrected chi connectivity index (χ1v) is 8.63. The van der Waals surface area contributed by atoms with E-state index in [1.165, 1.54) is 19.2 Å². The van der Waals surface area contributed by atoms with Crippen LogP contribution in [-0.2, 0) is 14.8 Å². The van der Waals surface area contributed by atoms with Crippen molar-refractivity contribution in [1.82, 2.24) is 14.9 Å². The molecule has 7 nitrogen and oxygen atoms in total. The lowest BCUT2D eigenvalue weighted by Gasteiger charge is -2.27. The average molecular weight is 400 g/mol. The number of ether oxygens (including phenoxy) is 1. The second kappa shape index (κ2) is 10.9. The summed E-state index contributed by atoms with van der Waals surface area (Å²) in [6, 6.07) is 6.03. The number of piperazine rings is 1. The molecule has 0 aliphatic carbocycles. The maximum Gasteiger partial charge on any atom is 0.339 e. The first-order chi connectivity index (χ1) is 10.5. The standard InChI is InChI=1S/C14H21N3O4S.2ClH/c1-21-14(18)12-4-2-3-5-13(12)22(19,20)16-8-11-17-9-6-15-7-10-17;;/h2-5,15-16H,6-11H2,1H3;2*1H. The number of hydrogen-bond acceptors (Lipinski definition) is 6. The maximum atomic E-state index is 12.4. The van der Waals surface area contributed by atoms with E-state index in [9.17, 15) is 13.2 Å². The Balaban J connectivity index is 0.00000264. The summed E-state index contributed by atoms with van der Waals surface area (Å²) >= 11 is 0. The minimum absolute atomic E-state index is 0. The van der Waals surface area contributed by atoms with Gasteiger partial charge in [-0.1, -0.05) is 12.1 Å². The molecule has 1 aromatic rings. The van der Waals surface area contributed by atoms with Gasteiger partial charge in [-0.15, -0.1) is 24.8 Å². The van der Waals surface area contributed by atoms with Gasteiger partial charge in [0.25, 0.3) is 0 Å². The minimum Gasteiger partial charge on any atom is -0.465 e. The lowest BCUT2D eigenvalue weighted by molar-refractivity contribution is 0.0596. The Bertz CT molecular complexity index is 622. The Morgan fingerprint density at radius 3 is 2.50 bits per heavy atom. The monoisotopic (exact) mass is 399 g/mol. The van der Waals surface area contributed by atoms with Gasteiger partial charge in [0.15, 0.2) is 0 Å². The van der Waals surface area contributed by atoms with Gasteiger partial charge in [-0.05, 0) is 12.1 Å². The molecule has 1 aliphatic rings. The predicted molar refractivity (Wildman–Crippen MR) is 96.8 cm³/mol. The zero-order chi connectivity index (χ0) is 16.0.